The van der Waals surface area contributed by atoms with Crippen LogP contribution in [-0.2, 0) is 6.54 Å². The van der Waals surface area contributed by atoms with Crippen LogP contribution in [-0.4, -0.2) is 57.0 Å². The Labute approximate surface area is 192 Å². The van der Waals surface area contributed by atoms with Crippen LogP contribution in [0.4, 0.5) is 17.1 Å². The van der Waals surface area contributed by atoms with E-state index in [0.29, 0.717) is 29.7 Å². The van der Waals surface area contributed by atoms with E-state index in [1.54, 1.807) is 17.1 Å². The first-order valence-electron chi connectivity index (χ1n) is 11.1. The summed E-state index contributed by atoms with van der Waals surface area (Å²) >= 11 is 0. The van der Waals surface area contributed by atoms with Gasteiger partial charge in [-0.05, 0) is 68.9 Å². The number of likely N-dealkylation sites (tertiary alicyclic amines) is 1. The van der Waals surface area contributed by atoms with E-state index in [0.717, 1.165) is 48.1 Å². The molecule has 0 radical (unpaired) electrons. The van der Waals surface area contributed by atoms with Crippen molar-refractivity contribution in [3.05, 3.63) is 66.1 Å². The van der Waals surface area contributed by atoms with Crippen molar-refractivity contribution in [1.29, 1.82) is 0 Å². The number of anilines is 3. The smallest absolute Gasteiger partial charge is 0.276 e. The van der Waals surface area contributed by atoms with E-state index in [4.69, 9.17) is 5.73 Å². The minimum atomic E-state index is -0.277. The topological polar surface area (TPSA) is 117 Å². The number of carbonyl (C=O) groups is 1. The number of fused-ring (bicyclic) bond motifs is 1. The van der Waals surface area contributed by atoms with Crippen molar-refractivity contribution in [2.45, 2.75) is 25.4 Å². The third-order valence-corrected chi connectivity index (χ3v) is 6.05. The Balaban J connectivity index is 1.28. The maximum atomic E-state index is 13.0. The van der Waals surface area contributed by atoms with Gasteiger partial charge in [-0.3, -0.25) is 14.6 Å². The molecule has 1 aliphatic rings. The van der Waals surface area contributed by atoms with Gasteiger partial charge in [0.15, 0.2) is 5.69 Å². The molecule has 9 heteroatoms. The van der Waals surface area contributed by atoms with E-state index >= 15 is 0 Å². The van der Waals surface area contributed by atoms with Crippen molar-refractivity contribution in [3.8, 4) is 0 Å². The summed E-state index contributed by atoms with van der Waals surface area (Å²) in [6, 6.07) is 14.1. The lowest BCUT2D eigenvalue weighted by molar-refractivity contribution is 0.102. The van der Waals surface area contributed by atoms with Gasteiger partial charge >= 0.3 is 0 Å². The van der Waals surface area contributed by atoms with Gasteiger partial charge in [-0.15, -0.1) is 0 Å². The number of hydrogen-bond donors (Lipinski definition) is 4. The SMILES string of the molecule is CN1CCC(Nc2ccc3[nH]nc(C(=O)Nc4cnn(Cc5cccc(N)c5)c4)c3c2)CC1. The second kappa shape index (κ2) is 8.95. The Morgan fingerprint density at radius 1 is 1.18 bits per heavy atom. The number of benzene rings is 2. The van der Waals surface area contributed by atoms with Gasteiger partial charge in [0.05, 0.1) is 23.9 Å². The first-order chi connectivity index (χ1) is 16.0. The molecule has 2 aromatic carbocycles. The number of aromatic amines is 1. The zero-order chi connectivity index (χ0) is 22.8. The second-order valence-corrected chi connectivity index (χ2v) is 8.68. The van der Waals surface area contributed by atoms with Crippen LogP contribution in [0.3, 0.4) is 0 Å². The van der Waals surface area contributed by atoms with Gasteiger partial charge in [0, 0.05) is 29.0 Å². The Morgan fingerprint density at radius 3 is 2.85 bits per heavy atom. The zero-order valence-electron chi connectivity index (χ0n) is 18.6. The quantitative estimate of drug-likeness (QED) is 0.340. The average molecular weight is 445 g/mol. The molecule has 1 aliphatic heterocycles. The summed E-state index contributed by atoms with van der Waals surface area (Å²) in [5.41, 5.74) is 10.4. The first kappa shape index (κ1) is 21.0. The van der Waals surface area contributed by atoms with Crippen molar-refractivity contribution in [2.75, 3.05) is 36.5 Å². The molecule has 5 rings (SSSR count). The highest BCUT2D eigenvalue weighted by Crippen LogP contribution is 2.24. The predicted molar refractivity (Wildman–Crippen MR) is 130 cm³/mol. The molecule has 1 amide bonds. The molecule has 5 N–H and O–H groups in total. The highest BCUT2D eigenvalue weighted by molar-refractivity contribution is 6.11. The van der Waals surface area contributed by atoms with E-state index < -0.39 is 0 Å². The molecule has 0 atom stereocenters. The third kappa shape index (κ3) is 4.83. The molecular formula is C24H28N8O. The van der Waals surface area contributed by atoms with Crippen LogP contribution in [0.25, 0.3) is 10.9 Å². The lowest BCUT2D eigenvalue weighted by Gasteiger charge is -2.30. The van der Waals surface area contributed by atoms with Gasteiger partial charge in [-0.2, -0.15) is 10.2 Å². The van der Waals surface area contributed by atoms with Crippen molar-refractivity contribution in [3.63, 3.8) is 0 Å². The van der Waals surface area contributed by atoms with Gasteiger partial charge < -0.3 is 21.3 Å². The molecule has 1 saturated heterocycles. The molecule has 0 bridgehead atoms. The molecule has 0 spiro atoms. The van der Waals surface area contributed by atoms with Crippen LogP contribution in [0, 0.1) is 0 Å². The Kier molecular flexibility index (Phi) is 5.70. The zero-order valence-corrected chi connectivity index (χ0v) is 18.6. The average Bonchev–Trinajstić information content (AvgIpc) is 3.42. The molecule has 1 fully saturated rings. The van der Waals surface area contributed by atoms with Crippen LogP contribution >= 0.6 is 0 Å². The Morgan fingerprint density at radius 2 is 2.03 bits per heavy atom. The van der Waals surface area contributed by atoms with Crippen LogP contribution in [0.5, 0.6) is 0 Å². The number of nitrogen functional groups attached to an aromatic ring is 1. The minimum Gasteiger partial charge on any atom is -0.399 e. The fourth-order valence-corrected chi connectivity index (χ4v) is 4.25. The van der Waals surface area contributed by atoms with E-state index in [1.165, 1.54) is 0 Å². The first-order valence-corrected chi connectivity index (χ1v) is 11.1. The number of piperidine rings is 1. The second-order valence-electron chi connectivity index (χ2n) is 8.68. The summed E-state index contributed by atoms with van der Waals surface area (Å²) in [6.07, 6.45) is 5.63. The number of hydrogen-bond acceptors (Lipinski definition) is 6. The molecule has 0 unspecified atom stereocenters. The molecule has 0 aliphatic carbocycles. The monoisotopic (exact) mass is 444 g/mol. The van der Waals surface area contributed by atoms with Crippen LogP contribution < -0.4 is 16.4 Å². The fraction of sp³-hybridized carbons (Fsp3) is 0.292. The van der Waals surface area contributed by atoms with Crippen LogP contribution in [0.2, 0.25) is 0 Å². The highest BCUT2D eigenvalue weighted by atomic mass is 16.2. The normalized spacial score (nSPS) is 15.1. The van der Waals surface area contributed by atoms with Gasteiger partial charge in [-0.1, -0.05) is 12.1 Å². The van der Waals surface area contributed by atoms with Gasteiger partial charge in [0.2, 0.25) is 0 Å². The Bertz CT molecular complexity index is 1270. The highest BCUT2D eigenvalue weighted by Gasteiger charge is 2.19. The van der Waals surface area contributed by atoms with E-state index in [1.807, 2.05) is 42.5 Å². The van der Waals surface area contributed by atoms with Crippen molar-refractivity contribution >= 4 is 33.9 Å². The summed E-state index contributed by atoms with van der Waals surface area (Å²) in [4.78, 5) is 15.3. The lowest BCUT2D eigenvalue weighted by atomic mass is 10.0. The number of amides is 1. The molecule has 33 heavy (non-hydrogen) atoms. The molecule has 4 aromatic rings. The number of nitrogens with two attached hydrogens (primary N) is 1. The number of aromatic nitrogens is 4. The third-order valence-electron chi connectivity index (χ3n) is 6.05. The van der Waals surface area contributed by atoms with Gasteiger partial charge in [0.1, 0.15) is 0 Å². The number of carbonyl (C=O) groups excluding carboxylic acids is 1. The molecule has 3 heterocycles. The van der Waals surface area contributed by atoms with Gasteiger partial charge in [-0.25, -0.2) is 0 Å². The standard InChI is InChI=1S/C24H28N8O/c1-31-9-7-18(8-10-31)27-19-5-6-22-21(12-19)23(30-29-22)24(33)28-20-13-26-32(15-20)14-16-3-2-4-17(25)11-16/h2-6,11-13,15,18,27H,7-10,14,25H2,1H3,(H,28,33)(H,29,30). The summed E-state index contributed by atoms with van der Waals surface area (Å²) < 4.78 is 1.76. The number of nitrogens with one attached hydrogen (secondary N) is 3. The predicted octanol–water partition coefficient (Wildman–Crippen LogP) is 3.15. The van der Waals surface area contributed by atoms with E-state index in [-0.39, 0.29) is 5.91 Å². The Hall–Kier alpha value is -3.85. The molecule has 9 nitrogen and oxygen atoms in total. The summed E-state index contributed by atoms with van der Waals surface area (Å²) in [7, 11) is 2.15. The maximum absolute atomic E-state index is 13.0. The van der Waals surface area contributed by atoms with Crippen molar-refractivity contribution in [2.24, 2.45) is 0 Å². The largest absolute Gasteiger partial charge is 0.399 e. The maximum Gasteiger partial charge on any atom is 0.276 e. The lowest BCUT2D eigenvalue weighted by Crippen LogP contribution is -2.36. The summed E-state index contributed by atoms with van der Waals surface area (Å²) in [5, 5.41) is 18.9. The molecule has 0 saturated carbocycles. The molecule has 170 valence electrons. The van der Waals surface area contributed by atoms with Crippen LogP contribution in [0.1, 0.15) is 28.9 Å². The van der Waals surface area contributed by atoms with Gasteiger partial charge in [0.25, 0.3) is 5.91 Å². The number of rotatable bonds is 6. The number of H-pyrrole nitrogens is 1. The minimum absolute atomic E-state index is 0.277. The molecule has 2 aromatic heterocycles. The van der Waals surface area contributed by atoms with E-state index in [9.17, 15) is 4.79 Å². The number of nitrogens with zero attached hydrogens (tertiary/aromatic N) is 4. The molecular weight excluding hydrogens is 416 g/mol. The summed E-state index contributed by atoms with van der Waals surface area (Å²) in [5.74, 6) is -0.277. The summed E-state index contributed by atoms with van der Waals surface area (Å²) in [6.45, 7) is 2.74. The van der Waals surface area contributed by atoms with Crippen molar-refractivity contribution < 1.29 is 4.79 Å². The van der Waals surface area contributed by atoms with E-state index in [2.05, 4.69) is 37.9 Å². The fourth-order valence-electron chi connectivity index (χ4n) is 4.25. The van der Waals surface area contributed by atoms with Crippen molar-refractivity contribution in [1.82, 2.24) is 24.9 Å². The van der Waals surface area contributed by atoms with Crippen LogP contribution in [0.15, 0.2) is 54.9 Å².